The Morgan fingerprint density at radius 2 is 1.80 bits per heavy atom. The van der Waals surface area contributed by atoms with Crippen LogP contribution in [-0.2, 0) is 20.7 Å². The summed E-state index contributed by atoms with van der Waals surface area (Å²) in [6, 6.07) is 6.14. The third kappa shape index (κ3) is 3.62. The predicted molar refractivity (Wildman–Crippen MR) is 111 cm³/mol. The molecule has 0 aromatic heterocycles. The molecule has 7 heteroatoms. The van der Waals surface area contributed by atoms with Gasteiger partial charge in [0.2, 0.25) is 11.8 Å². The van der Waals surface area contributed by atoms with Gasteiger partial charge in [0, 0.05) is 58.8 Å². The fourth-order valence-corrected chi connectivity index (χ4v) is 5.84. The lowest BCUT2D eigenvalue weighted by Gasteiger charge is -2.47. The number of piperidine rings is 1. The summed E-state index contributed by atoms with van der Waals surface area (Å²) < 4.78 is 18.4. The summed E-state index contributed by atoms with van der Waals surface area (Å²) in [6.07, 6.45) is 2.89. The van der Waals surface area contributed by atoms with E-state index in [0.717, 1.165) is 51.0 Å². The van der Waals surface area contributed by atoms with Crippen molar-refractivity contribution in [3.05, 3.63) is 35.6 Å². The summed E-state index contributed by atoms with van der Waals surface area (Å²) in [4.78, 5) is 32.3. The van der Waals surface area contributed by atoms with Gasteiger partial charge in [0.25, 0.3) is 0 Å². The van der Waals surface area contributed by atoms with Gasteiger partial charge in [-0.05, 0) is 37.0 Å². The molecule has 3 heterocycles. The van der Waals surface area contributed by atoms with Crippen LogP contribution in [0.1, 0.15) is 24.8 Å². The number of benzene rings is 1. The van der Waals surface area contributed by atoms with Gasteiger partial charge in [0.15, 0.2) is 0 Å². The maximum atomic E-state index is 13.3. The molecule has 4 rings (SSSR count). The second kappa shape index (κ2) is 8.27. The van der Waals surface area contributed by atoms with Crippen molar-refractivity contribution >= 4 is 11.8 Å². The van der Waals surface area contributed by atoms with Gasteiger partial charge in [-0.3, -0.25) is 14.5 Å². The number of amides is 2. The molecule has 0 saturated carbocycles. The first-order valence-electron chi connectivity index (χ1n) is 10.9. The van der Waals surface area contributed by atoms with Crippen molar-refractivity contribution in [1.29, 1.82) is 0 Å². The van der Waals surface area contributed by atoms with Gasteiger partial charge in [-0.25, -0.2) is 4.39 Å². The maximum absolute atomic E-state index is 13.3. The number of carbonyl (C=O) groups is 2. The van der Waals surface area contributed by atoms with E-state index in [1.54, 1.807) is 19.2 Å². The summed E-state index contributed by atoms with van der Waals surface area (Å²) in [7, 11) is 3.62. The standard InChI is InChI=1S/C23H32FN3O3/c1-25-10-9-23(21(25)29)17-26(13-14-30-2)16-22(23)7-11-27(12-8-22)20(28)15-18-3-5-19(24)6-4-18/h3-6H,7-17H2,1-2H3. The molecule has 3 aliphatic heterocycles. The van der Waals surface area contributed by atoms with Crippen LogP contribution in [-0.4, -0.2) is 86.5 Å². The first-order valence-corrected chi connectivity index (χ1v) is 10.9. The van der Waals surface area contributed by atoms with E-state index in [0.29, 0.717) is 26.1 Å². The Labute approximate surface area is 177 Å². The third-order valence-corrected chi connectivity index (χ3v) is 7.62. The quantitative estimate of drug-likeness (QED) is 0.733. The van der Waals surface area contributed by atoms with E-state index in [2.05, 4.69) is 4.90 Å². The number of halogens is 1. The van der Waals surface area contributed by atoms with Crippen LogP contribution in [0, 0.1) is 16.6 Å². The zero-order valence-corrected chi connectivity index (χ0v) is 18.0. The van der Waals surface area contributed by atoms with E-state index < -0.39 is 0 Å². The number of methoxy groups -OCH3 is 1. The number of fused-ring (bicyclic) bond motifs is 1. The normalized spacial score (nSPS) is 26.3. The van der Waals surface area contributed by atoms with Crippen molar-refractivity contribution in [2.45, 2.75) is 25.7 Å². The molecule has 1 aromatic rings. The Balaban J connectivity index is 1.46. The summed E-state index contributed by atoms with van der Waals surface area (Å²) in [6.45, 7) is 5.36. The molecular weight excluding hydrogens is 385 g/mol. The molecule has 6 nitrogen and oxygen atoms in total. The highest BCUT2D eigenvalue weighted by Crippen LogP contribution is 2.57. The maximum Gasteiger partial charge on any atom is 0.230 e. The van der Waals surface area contributed by atoms with Gasteiger partial charge in [0.1, 0.15) is 5.82 Å². The number of rotatable bonds is 5. The molecule has 0 N–H and O–H groups in total. The van der Waals surface area contributed by atoms with E-state index >= 15 is 0 Å². The highest BCUT2D eigenvalue weighted by molar-refractivity contribution is 5.86. The minimum Gasteiger partial charge on any atom is -0.383 e. The molecule has 1 unspecified atom stereocenters. The van der Waals surface area contributed by atoms with E-state index in [1.807, 2.05) is 16.8 Å². The van der Waals surface area contributed by atoms with Gasteiger partial charge in [-0.15, -0.1) is 0 Å². The lowest BCUT2D eigenvalue weighted by atomic mass is 9.60. The fourth-order valence-electron chi connectivity index (χ4n) is 5.84. The monoisotopic (exact) mass is 417 g/mol. The molecule has 0 bridgehead atoms. The largest absolute Gasteiger partial charge is 0.383 e. The van der Waals surface area contributed by atoms with Crippen LogP contribution < -0.4 is 0 Å². The van der Waals surface area contributed by atoms with Gasteiger partial charge in [-0.1, -0.05) is 12.1 Å². The number of hydrogen-bond donors (Lipinski definition) is 0. The van der Waals surface area contributed by atoms with Crippen LogP contribution in [0.3, 0.4) is 0 Å². The summed E-state index contributed by atoms with van der Waals surface area (Å²) in [5.41, 5.74) is 0.425. The van der Waals surface area contributed by atoms with Crippen molar-refractivity contribution < 1.29 is 18.7 Å². The molecular formula is C23H32FN3O3. The molecule has 1 aromatic carbocycles. The Morgan fingerprint density at radius 3 is 2.40 bits per heavy atom. The molecule has 3 saturated heterocycles. The second-order valence-corrected chi connectivity index (χ2v) is 9.23. The van der Waals surface area contributed by atoms with Crippen LogP contribution in [0.25, 0.3) is 0 Å². The molecule has 2 amide bonds. The molecule has 3 aliphatic rings. The average Bonchev–Trinajstić information content (AvgIpc) is 3.21. The van der Waals surface area contributed by atoms with Crippen molar-refractivity contribution in [2.24, 2.45) is 10.8 Å². The van der Waals surface area contributed by atoms with Crippen LogP contribution in [0.4, 0.5) is 4.39 Å². The molecule has 164 valence electrons. The number of hydrogen-bond acceptors (Lipinski definition) is 4. The molecule has 2 spiro atoms. The number of likely N-dealkylation sites (tertiary alicyclic amines) is 3. The molecule has 30 heavy (non-hydrogen) atoms. The second-order valence-electron chi connectivity index (χ2n) is 9.23. The first-order chi connectivity index (χ1) is 14.4. The minimum absolute atomic E-state index is 0.0742. The Bertz CT molecular complexity index is 791. The highest BCUT2D eigenvalue weighted by atomic mass is 19.1. The summed E-state index contributed by atoms with van der Waals surface area (Å²) >= 11 is 0. The molecule has 0 radical (unpaired) electrons. The number of carbonyl (C=O) groups excluding carboxylic acids is 2. The van der Waals surface area contributed by atoms with Gasteiger partial charge < -0.3 is 14.5 Å². The molecule has 3 fully saturated rings. The summed E-state index contributed by atoms with van der Waals surface area (Å²) in [5.74, 6) is 0.0602. The van der Waals surface area contributed by atoms with E-state index in [9.17, 15) is 14.0 Å². The van der Waals surface area contributed by atoms with Gasteiger partial charge in [-0.2, -0.15) is 0 Å². The fraction of sp³-hybridized carbons (Fsp3) is 0.652. The van der Waals surface area contributed by atoms with E-state index in [1.165, 1.54) is 12.1 Å². The van der Waals surface area contributed by atoms with Crippen molar-refractivity contribution in [3.63, 3.8) is 0 Å². The van der Waals surface area contributed by atoms with Crippen LogP contribution >= 0.6 is 0 Å². The minimum atomic E-state index is -0.332. The Morgan fingerprint density at radius 1 is 1.10 bits per heavy atom. The van der Waals surface area contributed by atoms with Crippen molar-refractivity contribution in [1.82, 2.24) is 14.7 Å². The first kappa shape index (κ1) is 21.2. The third-order valence-electron chi connectivity index (χ3n) is 7.62. The zero-order valence-electron chi connectivity index (χ0n) is 18.0. The van der Waals surface area contributed by atoms with E-state index in [-0.39, 0.29) is 28.5 Å². The lowest BCUT2D eigenvalue weighted by Crippen LogP contribution is -2.53. The lowest BCUT2D eigenvalue weighted by molar-refractivity contribution is -0.143. The Kier molecular flexibility index (Phi) is 5.86. The number of ether oxygens (including phenoxy) is 1. The van der Waals surface area contributed by atoms with Crippen molar-refractivity contribution in [2.75, 3.05) is 60.0 Å². The van der Waals surface area contributed by atoms with Crippen LogP contribution in [0.15, 0.2) is 24.3 Å². The molecule has 1 atom stereocenters. The van der Waals surface area contributed by atoms with E-state index in [4.69, 9.17) is 4.74 Å². The molecule has 0 aliphatic carbocycles. The van der Waals surface area contributed by atoms with Gasteiger partial charge >= 0.3 is 0 Å². The zero-order chi connectivity index (χ0) is 21.4. The average molecular weight is 418 g/mol. The van der Waals surface area contributed by atoms with Crippen LogP contribution in [0.2, 0.25) is 0 Å². The topological polar surface area (TPSA) is 53.1 Å². The smallest absolute Gasteiger partial charge is 0.230 e. The number of nitrogens with zero attached hydrogens (tertiary/aromatic N) is 3. The van der Waals surface area contributed by atoms with Crippen LogP contribution in [0.5, 0.6) is 0 Å². The SMILES string of the molecule is COCCN1CC2(CCN(C(=O)Cc3ccc(F)cc3)CC2)C2(CCN(C)C2=O)C1. The highest BCUT2D eigenvalue weighted by Gasteiger charge is 2.64. The predicted octanol–water partition coefficient (Wildman–Crippen LogP) is 1.79. The summed E-state index contributed by atoms with van der Waals surface area (Å²) in [5, 5.41) is 0. The Hall–Kier alpha value is -1.99. The van der Waals surface area contributed by atoms with Gasteiger partial charge in [0.05, 0.1) is 18.4 Å². The van der Waals surface area contributed by atoms with Crippen molar-refractivity contribution in [3.8, 4) is 0 Å².